The molecular formula is C11H10N2S. The van der Waals surface area contributed by atoms with Crippen LogP contribution in [0.5, 0.6) is 0 Å². The molecule has 3 heteroatoms. The standard InChI is InChI=1S/C11H10N2S/c1-2-6-10-9(5-1)12-11(14-10)13-7-3-4-8-13/h1-6H,7-8H2. The van der Waals surface area contributed by atoms with E-state index in [2.05, 4.69) is 40.2 Å². The maximum atomic E-state index is 4.60. The molecule has 0 aliphatic carbocycles. The van der Waals surface area contributed by atoms with E-state index in [0.717, 1.165) is 23.7 Å². The van der Waals surface area contributed by atoms with Crippen molar-refractivity contribution in [3.8, 4) is 0 Å². The second-order valence-corrected chi connectivity index (χ2v) is 4.35. The third-order valence-corrected chi connectivity index (χ3v) is 3.47. The Kier molecular flexibility index (Phi) is 1.77. The third-order valence-electron chi connectivity index (χ3n) is 2.37. The molecule has 0 amide bonds. The van der Waals surface area contributed by atoms with Crippen molar-refractivity contribution in [1.29, 1.82) is 0 Å². The Balaban J connectivity index is 2.05. The van der Waals surface area contributed by atoms with Gasteiger partial charge in [0.2, 0.25) is 0 Å². The average Bonchev–Trinajstić information content (AvgIpc) is 2.86. The summed E-state index contributed by atoms with van der Waals surface area (Å²) in [6.07, 6.45) is 4.37. The van der Waals surface area contributed by atoms with Crippen LogP contribution in [0.4, 0.5) is 5.13 Å². The van der Waals surface area contributed by atoms with Gasteiger partial charge in [0, 0.05) is 13.1 Å². The number of thiazole rings is 1. The highest BCUT2D eigenvalue weighted by Crippen LogP contribution is 2.29. The van der Waals surface area contributed by atoms with Crippen LogP contribution in [0.25, 0.3) is 10.2 Å². The summed E-state index contributed by atoms with van der Waals surface area (Å²) in [6, 6.07) is 8.29. The topological polar surface area (TPSA) is 16.1 Å². The summed E-state index contributed by atoms with van der Waals surface area (Å²) in [6.45, 7) is 2.00. The predicted octanol–water partition coefficient (Wildman–Crippen LogP) is 2.67. The Morgan fingerprint density at radius 1 is 1.14 bits per heavy atom. The van der Waals surface area contributed by atoms with Crippen molar-refractivity contribution in [2.24, 2.45) is 0 Å². The van der Waals surface area contributed by atoms with E-state index in [1.807, 2.05) is 6.07 Å². The fourth-order valence-corrected chi connectivity index (χ4v) is 2.61. The molecule has 1 aliphatic rings. The number of benzene rings is 1. The largest absolute Gasteiger partial charge is 0.341 e. The van der Waals surface area contributed by atoms with Gasteiger partial charge in [-0.1, -0.05) is 35.6 Å². The Morgan fingerprint density at radius 3 is 2.71 bits per heavy atom. The van der Waals surface area contributed by atoms with Crippen LogP contribution >= 0.6 is 11.3 Å². The van der Waals surface area contributed by atoms with Crippen LogP contribution in [-0.2, 0) is 0 Å². The summed E-state index contributed by atoms with van der Waals surface area (Å²) in [5.41, 5.74) is 1.11. The van der Waals surface area contributed by atoms with Crippen LogP contribution in [0.2, 0.25) is 0 Å². The molecule has 0 fully saturated rings. The molecule has 0 saturated heterocycles. The summed E-state index contributed by atoms with van der Waals surface area (Å²) in [7, 11) is 0. The van der Waals surface area contributed by atoms with Crippen LogP contribution in [0.15, 0.2) is 36.4 Å². The maximum Gasteiger partial charge on any atom is 0.187 e. The van der Waals surface area contributed by atoms with Gasteiger partial charge in [0.25, 0.3) is 0 Å². The van der Waals surface area contributed by atoms with Crippen molar-refractivity contribution in [2.75, 3.05) is 18.0 Å². The lowest BCUT2D eigenvalue weighted by Gasteiger charge is -2.11. The van der Waals surface area contributed by atoms with Crippen molar-refractivity contribution < 1.29 is 0 Å². The highest BCUT2D eigenvalue weighted by atomic mass is 32.1. The van der Waals surface area contributed by atoms with Gasteiger partial charge in [-0.25, -0.2) is 4.98 Å². The molecule has 0 saturated carbocycles. The first kappa shape index (κ1) is 8.00. The van der Waals surface area contributed by atoms with Crippen molar-refractivity contribution in [2.45, 2.75) is 0 Å². The SMILES string of the molecule is C1=CCN(c2nc3ccccc3s2)C1. The van der Waals surface area contributed by atoms with Crippen molar-refractivity contribution in [3.05, 3.63) is 36.4 Å². The van der Waals surface area contributed by atoms with E-state index in [0.29, 0.717) is 0 Å². The Hall–Kier alpha value is -1.35. The molecule has 2 aromatic rings. The fourth-order valence-electron chi connectivity index (χ4n) is 1.63. The number of rotatable bonds is 1. The van der Waals surface area contributed by atoms with Gasteiger partial charge in [-0.15, -0.1) is 0 Å². The van der Waals surface area contributed by atoms with Crippen LogP contribution in [-0.4, -0.2) is 18.1 Å². The predicted molar refractivity (Wildman–Crippen MR) is 61.0 cm³/mol. The zero-order valence-corrected chi connectivity index (χ0v) is 8.50. The second-order valence-electron chi connectivity index (χ2n) is 3.34. The molecule has 3 rings (SSSR count). The molecule has 0 atom stereocenters. The number of hydrogen-bond acceptors (Lipinski definition) is 3. The van der Waals surface area contributed by atoms with E-state index in [-0.39, 0.29) is 0 Å². The van der Waals surface area contributed by atoms with Gasteiger partial charge in [-0.05, 0) is 12.1 Å². The van der Waals surface area contributed by atoms with E-state index < -0.39 is 0 Å². The molecule has 0 radical (unpaired) electrons. The molecule has 1 aliphatic heterocycles. The molecule has 0 bridgehead atoms. The van der Waals surface area contributed by atoms with E-state index in [9.17, 15) is 0 Å². The molecule has 1 aromatic heterocycles. The minimum Gasteiger partial charge on any atom is -0.341 e. The molecule has 2 heterocycles. The van der Waals surface area contributed by atoms with Gasteiger partial charge in [0.15, 0.2) is 5.13 Å². The normalized spacial score (nSPS) is 15.6. The van der Waals surface area contributed by atoms with E-state index in [4.69, 9.17) is 0 Å². The quantitative estimate of drug-likeness (QED) is 0.661. The fraction of sp³-hybridized carbons (Fsp3) is 0.182. The first-order valence-electron chi connectivity index (χ1n) is 4.69. The van der Waals surface area contributed by atoms with Gasteiger partial charge < -0.3 is 4.90 Å². The van der Waals surface area contributed by atoms with Crippen LogP contribution in [0, 0.1) is 0 Å². The zero-order chi connectivity index (χ0) is 9.38. The van der Waals surface area contributed by atoms with Gasteiger partial charge in [-0.3, -0.25) is 0 Å². The van der Waals surface area contributed by atoms with Crippen LogP contribution in [0.3, 0.4) is 0 Å². The summed E-state index contributed by atoms with van der Waals surface area (Å²) < 4.78 is 1.27. The van der Waals surface area contributed by atoms with Gasteiger partial charge in [0.1, 0.15) is 0 Å². The highest BCUT2D eigenvalue weighted by molar-refractivity contribution is 7.22. The lowest BCUT2D eigenvalue weighted by atomic mass is 10.3. The molecule has 0 unspecified atom stereocenters. The summed E-state index contributed by atoms with van der Waals surface area (Å²) >= 11 is 1.77. The molecule has 1 aromatic carbocycles. The van der Waals surface area contributed by atoms with Crippen LogP contribution < -0.4 is 4.90 Å². The number of para-hydroxylation sites is 1. The number of aromatic nitrogens is 1. The molecular weight excluding hydrogens is 192 g/mol. The number of anilines is 1. The lowest BCUT2D eigenvalue weighted by Crippen LogP contribution is -2.17. The number of hydrogen-bond donors (Lipinski definition) is 0. The molecule has 0 N–H and O–H groups in total. The second kappa shape index (κ2) is 3.10. The molecule has 14 heavy (non-hydrogen) atoms. The third kappa shape index (κ3) is 1.21. The zero-order valence-electron chi connectivity index (χ0n) is 7.68. The van der Waals surface area contributed by atoms with E-state index in [1.54, 1.807) is 11.3 Å². The van der Waals surface area contributed by atoms with E-state index in [1.165, 1.54) is 4.70 Å². The first-order chi connectivity index (χ1) is 6.93. The van der Waals surface area contributed by atoms with Crippen molar-refractivity contribution >= 4 is 26.7 Å². The number of nitrogens with zero attached hydrogens (tertiary/aromatic N) is 2. The smallest absolute Gasteiger partial charge is 0.187 e. The Morgan fingerprint density at radius 2 is 1.93 bits per heavy atom. The lowest BCUT2D eigenvalue weighted by molar-refractivity contribution is 0.997. The molecule has 70 valence electrons. The Bertz CT molecular complexity index is 446. The van der Waals surface area contributed by atoms with Gasteiger partial charge >= 0.3 is 0 Å². The summed E-state index contributed by atoms with van der Waals surface area (Å²) in [4.78, 5) is 6.88. The summed E-state index contributed by atoms with van der Waals surface area (Å²) in [5, 5.41) is 1.14. The monoisotopic (exact) mass is 202 g/mol. The van der Waals surface area contributed by atoms with Crippen molar-refractivity contribution in [1.82, 2.24) is 4.98 Å². The molecule has 0 spiro atoms. The molecule has 2 nitrogen and oxygen atoms in total. The maximum absolute atomic E-state index is 4.60. The van der Waals surface area contributed by atoms with Crippen LogP contribution in [0.1, 0.15) is 0 Å². The summed E-state index contributed by atoms with van der Waals surface area (Å²) in [5.74, 6) is 0. The Labute approximate surface area is 86.5 Å². The number of fused-ring (bicyclic) bond motifs is 1. The minimum atomic E-state index is 1.000. The minimum absolute atomic E-state index is 1.000. The van der Waals surface area contributed by atoms with Gasteiger partial charge in [0.05, 0.1) is 10.2 Å². The van der Waals surface area contributed by atoms with Crippen molar-refractivity contribution in [3.63, 3.8) is 0 Å². The average molecular weight is 202 g/mol. The van der Waals surface area contributed by atoms with Gasteiger partial charge in [-0.2, -0.15) is 0 Å². The highest BCUT2D eigenvalue weighted by Gasteiger charge is 2.11. The van der Waals surface area contributed by atoms with E-state index >= 15 is 0 Å². The first-order valence-corrected chi connectivity index (χ1v) is 5.51.